The van der Waals surface area contributed by atoms with Crippen LogP contribution in [0.5, 0.6) is 17.2 Å². The number of nitrogens with one attached hydrogen (secondary N) is 1. The quantitative estimate of drug-likeness (QED) is 0.906. The van der Waals surface area contributed by atoms with Crippen LogP contribution in [-0.2, 0) is 0 Å². The molecule has 6 heteroatoms. The largest absolute Gasteiger partial charge is 0.497 e. The number of hydrogen-bond donors (Lipinski definition) is 1. The molecule has 2 atom stereocenters. The summed E-state index contributed by atoms with van der Waals surface area (Å²) in [6, 6.07) is 12.9. The Morgan fingerprint density at radius 3 is 2.65 bits per heavy atom. The van der Waals surface area contributed by atoms with Crippen LogP contribution in [0.15, 0.2) is 42.5 Å². The molecule has 2 aromatic carbocycles. The number of nitrogens with zero attached hydrogens (tertiary/aromatic N) is 1. The van der Waals surface area contributed by atoms with Crippen molar-refractivity contribution in [1.29, 1.82) is 0 Å². The molecule has 2 bridgehead atoms. The first-order valence-corrected chi connectivity index (χ1v) is 8.74. The van der Waals surface area contributed by atoms with Crippen LogP contribution in [0, 0.1) is 0 Å². The molecule has 2 aromatic rings. The number of carbonyl (C=O) groups excluding carboxylic acids is 1. The Kier molecular flexibility index (Phi) is 3.90. The smallest absolute Gasteiger partial charge is 0.325 e. The minimum atomic E-state index is -0.762. The van der Waals surface area contributed by atoms with Gasteiger partial charge in [-0.2, -0.15) is 0 Å². The van der Waals surface area contributed by atoms with E-state index in [0.29, 0.717) is 13.0 Å². The summed E-state index contributed by atoms with van der Waals surface area (Å²) in [4.78, 5) is 14.5. The van der Waals surface area contributed by atoms with Crippen molar-refractivity contribution in [2.24, 2.45) is 0 Å². The van der Waals surface area contributed by atoms with Crippen LogP contribution in [0.4, 0.5) is 10.5 Å². The third-order valence-electron chi connectivity index (χ3n) is 4.88. The highest BCUT2D eigenvalue weighted by Crippen LogP contribution is 2.46. The van der Waals surface area contributed by atoms with Gasteiger partial charge in [0, 0.05) is 17.7 Å². The highest BCUT2D eigenvalue weighted by molar-refractivity contribution is 5.95. The lowest BCUT2D eigenvalue weighted by Gasteiger charge is -2.50. The molecule has 2 aliphatic heterocycles. The van der Waals surface area contributed by atoms with Gasteiger partial charge in [0.25, 0.3) is 0 Å². The van der Waals surface area contributed by atoms with E-state index >= 15 is 0 Å². The Bertz CT molecular complexity index is 836. The van der Waals surface area contributed by atoms with Gasteiger partial charge in [0.1, 0.15) is 17.2 Å². The predicted octanol–water partition coefficient (Wildman–Crippen LogP) is 3.86. The fraction of sp³-hybridized carbons (Fsp3) is 0.350. The summed E-state index contributed by atoms with van der Waals surface area (Å²) in [5, 5.41) is 3.09. The molecule has 2 unspecified atom stereocenters. The van der Waals surface area contributed by atoms with E-state index < -0.39 is 5.72 Å². The first-order valence-electron chi connectivity index (χ1n) is 8.74. The van der Waals surface area contributed by atoms with Crippen LogP contribution in [0.25, 0.3) is 0 Å². The predicted molar refractivity (Wildman–Crippen MR) is 98.0 cm³/mol. The first-order chi connectivity index (χ1) is 12.5. The van der Waals surface area contributed by atoms with E-state index in [0.717, 1.165) is 28.5 Å². The van der Waals surface area contributed by atoms with E-state index in [1.54, 1.807) is 12.0 Å². The van der Waals surface area contributed by atoms with Gasteiger partial charge in [0.2, 0.25) is 0 Å². The van der Waals surface area contributed by atoms with E-state index in [9.17, 15) is 4.79 Å². The lowest BCUT2D eigenvalue weighted by Crippen LogP contribution is -2.65. The number of methoxy groups -OCH3 is 1. The van der Waals surface area contributed by atoms with Gasteiger partial charge in [-0.25, -0.2) is 4.79 Å². The molecule has 2 aliphatic rings. The van der Waals surface area contributed by atoms with Gasteiger partial charge in [0.15, 0.2) is 5.72 Å². The molecule has 2 heterocycles. The number of anilines is 1. The maximum absolute atomic E-state index is 12.9. The van der Waals surface area contributed by atoms with Crippen LogP contribution >= 0.6 is 0 Å². The van der Waals surface area contributed by atoms with Crippen LogP contribution in [0.2, 0.25) is 0 Å². The highest BCUT2D eigenvalue weighted by Gasteiger charge is 2.49. The second kappa shape index (κ2) is 6.12. The molecular formula is C20H22N2O4. The summed E-state index contributed by atoms with van der Waals surface area (Å²) in [5.41, 5.74) is 0.951. The molecule has 26 heavy (non-hydrogen) atoms. The number of fused-ring (bicyclic) bond motifs is 4. The SMILES string of the molecule is CCOc1ccc(N2C(=O)NC3CC2(C)Oc2ccc(OC)cc23)cc1. The number of benzene rings is 2. The number of rotatable bonds is 4. The van der Waals surface area contributed by atoms with Gasteiger partial charge < -0.3 is 19.5 Å². The molecular weight excluding hydrogens is 332 g/mol. The second-order valence-electron chi connectivity index (χ2n) is 6.65. The number of amides is 2. The van der Waals surface area contributed by atoms with E-state index in [-0.39, 0.29) is 12.1 Å². The Morgan fingerprint density at radius 2 is 1.96 bits per heavy atom. The molecule has 1 N–H and O–H groups in total. The van der Waals surface area contributed by atoms with E-state index in [1.807, 2.05) is 56.3 Å². The van der Waals surface area contributed by atoms with E-state index in [4.69, 9.17) is 14.2 Å². The standard InChI is InChI=1S/C20H22N2O4/c1-4-25-14-7-5-13(6-8-14)22-19(23)21-17-12-20(22,2)26-18-10-9-15(24-3)11-16(17)18/h5-11,17H,4,12H2,1-3H3,(H,21,23). The Balaban J connectivity index is 1.70. The number of ether oxygens (including phenoxy) is 3. The third kappa shape index (κ3) is 2.62. The van der Waals surface area contributed by atoms with Crippen molar-refractivity contribution in [1.82, 2.24) is 5.32 Å². The van der Waals surface area contributed by atoms with E-state index in [2.05, 4.69) is 5.32 Å². The van der Waals surface area contributed by atoms with Crippen molar-refractivity contribution in [3.8, 4) is 17.2 Å². The van der Waals surface area contributed by atoms with Crippen molar-refractivity contribution in [3.63, 3.8) is 0 Å². The fourth-order valence-electron chi connectivity index (χ4n) is 3.73. The molecule has 0 saturated carbocycles. The maximum Gasteiger partial charge on any atom is 0.325 e. The van der Waals surface area contributed by atoms with Crippen LogP contribution in [0.1, 0.15) is 31.9 Å². The molecule has 1 saturated heterocycles. The molecule has 136 valence electrons. The Labute approximate surface area is 152 Å². The summed E-state index contributed by atoms with van der Waals surface area (Å²) < 4.78 is 17.1. The average molecular weight is 354 g/mol. The zero-order chi connectivity index (χ0) is 18.3. The summed E-state index contributed by atoms with van der Waals surface area (Å²) in [6.45, 7) is 4.49. The lowest BCUT2D eigenvalue weighted by molar-refractivity contribution is 0.0377. The molecule has 0 aromatic heterocycles. The van der Waals surface area contributed by atoms with Crippen molar-refractivity contribution >= 4 is 11.7 Å². The van der Waals surface area contributed by atoms with Crippen LogP contribution in [0.3, 0.4) is 0 Å². The zero-order valence-corrected chi connectivity index (χ0v) is 15.1. The average Bonchev–Trinajstić information content (AvgIpc) is 2.62. The molecule has 4 rings (SSSR count). The van der Waals surface area contributed by atoms with Gasteiger partial charge in [0.05, 0.1) is 19.8 Å². The number of urea groups is 1. The third-order valence-corrected chi connectivity index (χ3v) is 4.88. The maximum atomic E-state index is 12.9. The van der Waals surface area contributed by atoms with Gasteiger partial charge in [-0.1, -0.05) is 0 Å². The van der Waals surface area contributed by atoms with Crippen molar-refractivity contribution in [2.45, 2.75) is 32.0 Å². The number of hydrogen-bond acceptors (Lipinski definition) is 4. The normalized spacial score (nSPS) is 23.6. The van der Waals surface area contributed by atoms with Gasteiger partial charge in [-0.15, -0.1) is 0 Å². The Hall–Kier alpha value is -2.89. The monoisotopic (exact) mass is 354 g/mol. The molecule has 0 radical (unpaired) electrons. The Morgan fingerprint density at radius 1 is 1.23 bits per heavy atom. The molecule has 2 amide bonds. The minimum absolute atomic E-state index is 0.106. The van der Waals surface area contributed by atoms with Crippen LogP contribution in [-0.4, -0.2) is 25.5 Å². The first kappa shape index (κ1) is 16.6. The van der Waals surface area contributed by atoms with E-state index in [1.165, 1.54) is 0 Å². The summed E-state index contributed by atoms with van der Waals surface area (Å²) in [5.74, 6) is 2.29. The summed E-state index contributed by atoms with van der Waals surface area (Å²) in [6.07, 6.45) is 0.645. The zero-order valence-electron chi connectivity index (χ0n) is 15.1. The number of carbonyl (C=O) groups is 1. The lowest BCUT2D eigenvalue weighted by atomic mass is 9.90. The highest BCUT2D eigenvalue weighted by atomic mass is 16.5. The molecule has 0 spiro atoms. The molecule has 6 nitrogen and oxygen atoms in total. The topological polar surface area (TPSA) is 60.0 Å². The van der Waals surface area contributed by atoms with Crippen molar-refractivity contribution in [3.05, 3.63) is 48.0 Å². The second-order valence-corrected chi connectivity index (χ2v) is 6.65. The summed E-state index contributed by atoms with van der Waals surface area (Å²) in [7, 11) is 1.63. The molecule has 1 fully saturated rings. The fourth-order valence-corrected chi connectivity index (χ4v) is 3.73. The van der Waals surface area contributed by atoms with Gasteiger partial charge in [-0.05, 0) is 56.3 Å². The summed E-state index contributed by atoms with van der Waals surface area (Å²) >= 11 is 0. The van der Waals surface area contributed by atoms with Crippen molar-refractivity contribution < 1.29 is 19.0 Å². The van der Waals surface area contributed by atoms with Crippen molar-refractivity contribution in [2.75, 3.05) is 18.6 Å². The van der Waals surface area contributed by atoms with Gasteiger partial charge >= 0.3 is 6.03 Å². The van der Waals surface area contributed by atoms with Gasteiger partial charge in [-0.3, -0.25) is 4.90 Å². The minimum Gasteiger partial charge on any atom is -0.497 e. The van der Waals surface area contributed by atoms with Crippen LogP contribution < -0.4 is 24.4 Å². The molecule has 0 aliphatic carbocycles.